The Bertz CT molecular complexity index is 274. The van der Waals surface area contributed by atoms with Crippen molar-refractivity contribution in [2.45, 2.75) is 12.6 Å². The fourth-order valence-corrected chi connectivity index (χ4v) is 1.51. The highest BCUT2D eigenvalue weighted by atomic mass is 32.1. The first kappa shape index (κ1) is 11.2. The van der Waals surface area contributed by atoms with Crippen LogP contribution in [0, 0.1) is 0 Å². The Morgan fingerprint density at radius 2 is 2.50 bits per heavy atom. The largest absolute Gasteiger partial charge is 0.459 e. The zero-order valence-corrected chi connectivity index (χ0v) is 8.75. The summed E-state index contributed by atoms with van der Waals surface area (Å²) in [5.74, 6) is -0.430. The van der Waals surface area contributed by atoms with Gasteiger partial charge in [-0.3, -0.25) is 4.79 Å². The first-order valence-electron chi connectivity index (χ1n) is 4.17. The van der Waals surface area contributed by atoms with Crippen molar-refractivity contribution in [1.82, 2.24) is 0 Å². The van der Waals surface area contributed by atoms with E-state index in [-0.39, 0.29) is 13.2 Å². The average molecular weight is 215 g/mol. The van der Waals surface area contributed by atoms with Crippen molar-refractivity contribution in [3.8, 4) is 0 Å². The molecule has 5 heteroatoms. The lowest BCUT2D eigenvalue weighted by Gasteiger charge is -2.09. The van der Waals surface area contributed by atoms with Crippen LogP contribution in [0.25, 0.3) is 0 Å². The van der Waals surface area contributed by atoms with Gasteiger partial charge in [-0.05, 0) is 11.4 Å². The molecule has 0 spiro atoms. The molecular weight excluding hydrogens is 202 g/mol. The summed E-state index contributed by atoms with van der Waals surface area (Å²) < 4.78 is 9.71. The van der Waals surface area contributed by atoms with E-state index in [1.807, 2.05) is 17.5 Å². The molecule has 1 unspecified atom stereocenters. The Balaban J connectivity index is 2.27. The Labute approximate surface area is 86.6 Å². The number of ether oxygens (including phenoxy) is 2. The molecule has 0 radical (unpaired) electrons. The standard InChI is InChI=1S/C9H13NO3S/c1-12-6-8(10)9(11)13-5-7-3-2-4-14-7/h2-4,8H,5-6,10H2,1H3. The van der Waals surface area contributed by atoms with Crippen molar-refractivity contribution in [3.05, 3.63) is 22.4 Å². The number of esters is 1. The molecule has 0 aliphatic heterocycles. The van der Waals surface area contributed by atoms with Crippen molar-refractivity contribution in [3.63, 3.8) is 0 Å². The number of carbonyl (C=O) groups is 1. The topological polar surface area (TPSA) is 61.5 Å². The third kappa shape index (κ3) is 3.45. The van der Waals surface area contributed by atoms with Gasteiger partial charge < -0.3 is 15.2 Å². The van der Waals surface area contributed by atoms with E-state index in [1.54, 1.807) is 11.3 Å². The van der Waals surface area contributed by atoms with E-state index in [2.05, 4.69) is 0 Å². The predicted molar refractivity (Wildman–Crippen MR) is 54.0 cm³/mol. The molecule has 0 amide bonds. The van der Waals surface area contributed by atoms with Gasteiger partial charge in [0.1, 0.15) is 12.6 Å². The Morgan fingerprint density at radius 1 is 1.71 bits per heavy atom. The van der Waals surface area contributed by atoms with Gasteiger partial charge >= 0.3 is 5.97 Å². The minimum atomic E-state index is -0.694. The molecule has 1 rings (SSSR count). The van der Waals surface area contributed by atoms with Crippen LogP contribution in [-0.2, 0) is 20.9 Å². The van der Waals surface area contributed by atoms with E-state index in [1.165, 1.54) is 7.11 Å². The summed E-state index contributed by atoms with van der Waals surface area (Å²) in [6.45, 7) is 0.469. The lowest BCUT2D eigenvalue weighted by molar-refractivity contribution is -0.147. The molecule has 1 aromatic rings. The van der Waals surface area contributed by atoms with Gasteiger partial charge in [-0.1, -0.05) is 6.07 Å². The van der Waals surface area contributed by atoms with Crippen LogP contribution in [0.3, 0.4) is 0 Å². The van der Waals surface area contributed by atoms with Crippen molar-refractivity contribution >= 4 is 17.3 Å². The third-order valence-electron chi connectivity index (χ3n) is 1.59. The maximum Gasteiger partial charge on any atom is 0.325 e. The highest BCUT2D eigenvalue weighted by molar-refractivity contribution is 7.09. The van der Waals surface area contributed by atoms with Gasteiger partial charge in [-0.15, -0.1) is 11.3 Å². The van der Waals surface area contributed by atoms with Crippen molar-refractivity contribution in [2.24, 2.45) is 5.73 Å². The number of methoxy groups -OCH3 is 1. The molecule has 0 bridgehead atoms. The first-order chi connectivity index (χ1) is 6.74. The molecule has 0 aromatic carbocycles. The van der Waals surface area contributed by atoms with Crippen LogP contribution in [0.15, 0.2) is 17.5 Å². The lowest BCUT2D eigenvalue weighted by atomic mass is 10.3. The second kappa shape index (κ2) is 5.74. The maximum absolute atomic E-state index is 11.2. The number of rotatable bonds is 5. The van der Waals surface area contributed by atoms with Gasteiger partial charge in [0.15, 0.2) is 0 Å². The van der Waals surface area contributed by atoms with Crippen LogP contribution in [0.2, 0.25) is 0 Å². The van der Waals surface area contributed by atoms with Gasteiger partial charge in [0.25, 0.3) is 0 Å². The van der Waals surface area contributed by atoms with Crippen LogP contribution in [0.4, 0.5) is 0 Å². The molecule has 0 aliphatic rings. The summed E-state index contributed by atoms with van der Waals surface area (Å²) in [6, 6.07) is 3.11. The SMILES string of the molecule is COCC(N)C(=O)OCc1cccs1. The monoisotopic (exact) mass is 215 g/mol. The Morgan fingerprint density at radius 3 is 3.07 bits per heavy atom. The lowest BCUT2D eigenvalue weighted by Crippen LogP contribution is -2.36. The minimum Gasteiger partial charge on any atom is -0.459 e. The van der Waals surface area contributed by atoms with Crippen molar-refractivity contribution in [2.75, 3.05) is 13.7 Å². The summed E-state index contributed by atoms with van der Waals surface area (Å²) in [7, 11) is 1.49. The molecule has 2 N–H and O–H groups in total. The van der Waals surface area contributed by atoms with E-state index in [4.69, 9.17) is 15.2 Å². The molecular formula is C9H13NO3S. The van der Waals surface area contributed by atoms with Crippen LogP contribution in [0.1, 0.15) is 4.88 Å². The van der Waals surface area contributed by atoms with E-state index in [0.717, 1.165) is 4.88 Å². The molecule has 0 saturated carbocycles. The second-order valence-electron chi connectivity index (χ2n) is 2.75. The molecule has 0 fully saturated rings. The summed E-state index contributed by atoms with van der Waals surface area (Å²) in [4.78, 5) is 12.2. The Kier molecular flexibility index (Phi) is 4.58. The predicted octanol–water partition coefficient (Wildman–Crippen LogP) is 0.765. The summed E-state index contributed by atoms with van der Waals surface area (Å²) in [6.07, 6.45) is 0. The van der Waals surface area contributed by atoms with E-state index < -0.39 is 12.0 Å². The van der Waals surface area contributed by atoms with Crippen molar-refractivity contribution in [1.29, 1.82) is 0 Å². The minimum absolute atomic E-state index is 0.184. The molecule has 78 valence electrons. The molecule has 1 atom stereocenters. The second-order valence-corrected chi connectivity index (χ2v) is 3.78. The third-order valence-corrected chi connectivity index (χ3v) is 2.44. The van der Waals surface area contributed by atoms with Gasteiger partial charge in [-0.2, -0.15) is 0 Å². The zero-order chi connectivity index (χ0) is 10.4. The van der Waals surface area contributed by atoms with Gasteiger partial charge in [0.2, 0.25) is 0 Å². The summed E-state index contributed by atoms with van der Waals surface area (Å²) >= 11 is 1.54. The number of carbonyl (C=O) groups excluding carboxylic acids is 1. The van der Waals surface area contributed by atoms with Gasteiger partial charge in [-0.25, -0.2) is 0 Å². The van der Waals surface area contributed by atoms with Gasteiger partial charge in [0, 0.05) is 12.0 Å². The number of nitrogens with two attached hydrogens (primary N) is 1. The van der Waals surface area contributed by atoms with Crippen molar-refractivity contribution < 1.29 is 14.3 Å². The van der Waals surface area contributed by atoms with E-state index >= 15 is 0 Å². The molecule has 1 aromatic heterocycles. The van der Waals surface area contributed by atoms with Crippen LogP contribution in [0.5, 0.6) is 0 Å². The molecule has 0 aliphatic carbocycles. The quantitative estimate of drug-likeness (QED) is 0.737. The normalized spacial score (nSPS) is 12.4. The smallest absolute Gasteiger partial charge is 0.325 e. The fourth-order valence-electron chi connectivity index (χ4n) is 0.892. The number of hydrogen-bond donors (Lipinski definition) is 1. The first-order valence-corrected chi connectivity index (χ1v) is 5.05. The molecule has 0 saturated heterocycles. The van der Waals surface area contributed by atoms with Crippen LogP contribution < -0.4 is 5.73 Å². The summed E-state index contributed by atoms with van der Waals surface area (Å²) in [5.41, 5.74) is 5.47. The molecule has 1 heterocycles. The maximum atomic E-state index is 11.2. The highest BCUT2D eigenvalue weighted by Crippen LogP contribution is 2.09. The fraction of sp³-hybridized carbons (Fsp3) is 0.444. The van der Waals surface area contributed by atoms with Gasteiger partial charge in [0.05, 0.1) is 6.61 Å². The average Bonchev–Trinajstić information content (AvgIpc) is 2.67. The number of hydrogen-bond acceptors (Lipinski definition) is 5. The molecule has 14 heavy (non-hydrogen) atoms. The van der Waals surface area contributed by atoms with E-state index in [9.17, 15) is 4.79 Å². The Hall–Kier alpha value is -0.910. The highest BCUT2D eigenvalue weighted by Gasteiger charge is 2.14. The van der Waals surface area contributed by atoms with Crippen LogP contribution >= 0.6 is 11.3 Å². The summed E-state index contributed by atoms with van der Waals surface area (Å²) in [5, 5.41) is 1.93. The van der Waals surface area contributed by atoms with E-state index in [0.29, 0.717) is 0 Å². The van der Waals surface area contributed by atoms with Crippen LogP contribution in [-0.4, -0.2) is 25.7 Å². The molecule has 4 nitrogen and oxygen atoms in total. The zero-order valence-electron chi connectivity index (χ0n) is 7.93. The number of thiophene rings is 1.